The summed E-state index contributed by atoms with van der Waals surface area (Å²) in [5.41, 5.74) is 4.54. The number of hydrogen-bond donors (Lipinski definition) is 1. The normalized spacial score (nSPS) is 11.6. The Hall–Kier alpha value is -2.25. The van der Waals surface area contributed by atoms with Crippen LogP contribution in [0.1, 0.15) is 19.0 Å². The van der Waals surface area contributed by atoms with E-state index in [4.69, 9.17) is 10.5 Å². The maximum absolute atomic E-state index is 12.6. The predicted octanol–water partition coefficient (Wildman–Crippen LogP) is 3.08. The van der Waals surface area contributed by atoms with Crippen LogP contribution in [0.5, 0.6) is 11.5 Å². The van der Waals surface area contributed by atoms with Gasteiger partial charge in [-0.2, -0.15) is 18.3 Å². The molecule has 8 heteroatoms. The second-order valence-electron chi connectivity index (χ2n) is 4.15. The molecule has 0 aromatic carbocycles. The summed E-state index contributed by atoms with van der Waals surface area (Å²) < 4.78 is 44.7. The molecular formula is C12H13F3N4O. The number of nitrogens with two attached hydrogens (primary N) is 1. The molecule has 108 valence electrons. The van der Waals surface area contributed by atoms with Crippen LogP contribution in [0, 0.1) is 0 Å². The molecule has 0 unspecified atom stereocenters. The summed E-state index contributed by atoms with van der Waals surface area (Å²) in [4.78, 5) is 3.24. The number of rotatable bonds is 4. The minimum atomic E-state index is -4.54. The Balaban J connectivity index is 2.23. The van der Waals surface area contributed by atoms with E-state index >= 15 is 0 Å². The fraction of sp³-hybridized carbons (Fsp3) is 0.333. The number of ether oxygens (including phenoxy) is 1. The van der Waals surface area contributed by atoms with Gasteiger partial charge in [-0.25, -0.2) is 4.98 Å². The fourth-order valence-corrected chi connectivity index (χ4v) is 1.57. The number of halogens is 3. The number of aryl methyl sites for hydroxylation is 1. The number of pyridine rings is 1. The summed E-state index contributed by atoms with van der Waals surface area (Å²) in [6.07, 6.45) is 0.281. The van der Waals surface area contributed by atoms with Crippen LogP contribution < -0.4 is 10.5 Å². The molecule has 0 fully saturated rings. The molecule has 2 rings (SSSR count). The lowest BCUT2D eigenvalue weighted by Crippen LogP contribution is -2.08. The van der Waals surface area contributed by atoms with Gasteiger partial charge in [-0.3, -0.25) is 4.68 Å². The van der Waals surface area contributed by atoms with E-state index in [-0.39, 0.29) is 11.4 Å². The van der Waals surface area contributed by atoms with Gasteiger partial charge in [-0.1, -0.05) is 6.92 Å². The molecule has 0 saturated heterocycles. The Morgan fingerprint density at radius 3 is 2.75 bits per heavy atom. The van der Waals surface area contributed by atoms with Crippen LogP contribution in [0.3, 0.4) is 0 Å². The van der Waals surface area contributed by atoms with Gasteiger partial charge < -0.3 is 10.5 Å². The van der Waals surface area contributed by atoms with E-state index in [9.17, 15) is 13.2 Å². The average molecular weight is 286 g/mol. The number of hydrogen-bond acceptors (Lipinski definition) is 4. The number of nitrogens with zero attached hydrogens (tertiary/aromatic N) is 3. The molecule has 0 spiro atoms. The topological polar surface area (TPSA) is 66.0 Å². The molecular weight excluding hydrogens is 273 g/mol. The highest BCUT2D eigenvalue weighted by molar-refractivity contribution is 5.52. The van der Waals surface area contributed by atoms with Crippen molar-refractivity contribution in [2.75, 3.05) is 5.73 Å². The van der Waals surface area contributed by atoms with Crippen LogP contribution in [-0.4, -0.2) is 14.8 Å². The zero-order valence-electron chi connectivity index (χ0n) is 10.7. The lowest BCUT2D eigenvalue weighted by molar-refractivity contribution is -0.141. The van der Waals surface area contributed by atoms with E-state index in [0.717, 1.165) is 18.7 Å². The van der Waals surface area contributed by atoms with Gasteiger partial charge in [-0.15, -0.1) is 0 Å². The Morgan fingerprint density at radius 1 is 1.35 bits per heavy atom. The van der Waals surface area contributed by atoms with Gasteiger partial charge in [0.05, 0.1) is 24.3 Å². The zero-order valence-corrected chi connectivity index (χ0v) is 10.7. The first kappa shape index (κ1) is 14.2. The molecule has 2 aromatic heterocycles. The minimum absolute atomic E-state index is 0.0289. The third-order valence-corrected chi connectivity index (χ3v) is 2.48. The summed E-state index contributed by atoms with van der Waals surface area (Å²) in [6, 6.07) is 0.770. The van der Waals surface area contributed by atoms with Crippen LogP contribution >= 0.6 is 0 Å². The molecule has 0 saturated carbocycles. The zero-order chi connectivity index (χ0) is 14.8. The first-order valence-electron chi connectivity index (χ1n) is 5.93. The maximum Gasteiger partial charge on any atom is 0.433 e. The largest absolute Gasteiger partial charge is 0.452 e. The number of aromatic nitrogens is 3. The first-order chi connectivity index (χ1) is 9.40. The minimum Gasteiger partial charge on any atom is -0.452 e. The smallest absolute Gasteiger partial charge is 0.433 e. The Morgan fingerprint density at radius 2 is 2.10 bits per heavy atom. The van der Waals surface area contributed by atoms with E-state index in [1.54, 1.807) is 10.9 Å². The van der Waals surface area contributed by atoms with Crippen LogP contribution in [-0.2, 0) is 12.7 Å². The van der Waals surface area contributed by atoms with Crippen molar-refractivity contribution in [1.82, 2.24) is 14.8 Å². The third kappa shape index (κ3) is 3.19. The van der Waals surface area contributed by atoms with Crippen LogP contribution in [0.25, 0.3) is 0 Å². The highest BCUT2D eigenvalue weighted by Crippen LogP contribution is 2.34. The summed E-state index contributed by atoms with van der Waals surface area (Å²) in [6.45, 7) is 2.68. The summed E-state index contributed by atoms with van der Waals surface area (Å²) in [5.74, 6) is 0.229. The molecule has 0 amide bonds. The van der Waals surface area contributed by atoms with Crippen molar-refractivity contribution in [2.24, 2.45) is 0 Å². The number of alkyl halides is 3. The monoisotopic (exact) mass is 286 g/mol. The Kier molecular flexibility index (Phi) is 3.82. The molecule has 0 aliphatic rings. The van der Waals surface area contributed by atoms with E-state index < -0.39 is 11.9 Å². The third-order valence-electron chi connectivity index (χ3n) is 2.48. The molecule has 0 radical (unpaired) electrons. The predicted molar refractivity (Wildman–Crippen MR) is 66.2 cm³/mol. The van der Waals surface area contributed by atoms with Crippen molar-refractivity contribution >= 4 is 5.69 Å². The Labute approximate surface area is 113 Å². The van der Waals surface area contributed by atoms with Gasteiger partial charge in [0.15, 0.2) is 11.5 Å². The second-order valence-corrected chi connectivity index (χ2v) is 4.15. The number of nitrogen functional groups attached to an aromatic ring is 1. The molecule has 2 aromatic rings. The molecule has 2 heterocycles. The molecule has 5 nitrogen and oxygen atoms in total. The Bertz CT molecular complexity index is 595. The van der Waals surface area contributed by atoms with Gasteiger partial charge in [0.1, 0.15) is 5.69 Å². The van der Waals surface area contributed by atoms with Crippen LogP contribution in [0.4, 0.5) is 18.9 Å². The van der Waals surface area contributed by atoms with Gasteiger partial charge in [-0.05, 0) is 6.42 Å². The van der Waals surface area contributed by atoms with Crippen molar-refractivity contribution in [2.45, 2.75) is 26.1 Å². The van der Waals surface area contributed by atoms with Crippen molar-refractivity contribution in [3.05, 3.63) is 30.4 Å². The lowest BCUT2D eigenvalue weighted by Gasteiger charge is -2.10. The first-order valence-corrected chi connectivity index (χ1v) is 5.93. The molecule has 0 aliphatic carbocycles. The maximum atomic E-state index is 12.6. The fourth-order valence-electron chi connectivity index (χ4n) is 1.57. The average Bonchev–Trinajstić information content (AvgIpc) is 2.78. The van der Waals surface area contributed by atoms with E-state index in [0.29, 0.717) is 12.3 Å². The lowest BCUT2D eigenvalue weighted by atomic mass is 10.3. The second kappa shape index (κ2) is 5.40. The molecule has 0 aliphatic heterocycles. The van der Waals surface area contributed by atoms with Crippen molar-refractivity contribution in [3.63, 3.8) is 0 Å². The highest BCUT2D eigenvalue weighted by Gasteiger charge is 2.33. The van der Waals surface area contributed by atoms with Crippen molar-refractivity contribution in [1.29, 1.82) is 0 Å². The summed E-state index contributed by atoms with van der Waals surface area (Å²) in [7, 11) is 0. The van der Waals surface area contributed by atoms with Crippen LogP contribution in [0.2, 0.25) is 0 Å². The standard InChI is InChI=1S/C12H13F3N4O/c1-2-3-19-7-8(5-18-19)20-10-4-11(12(13,14)15)17-6-9(10)16/h4-7H,2-3,16H2,1H3. The van der Waals surface area contributed by atoms with Gasteiger partial charge in [0.25, 0.3) is 0 Å². The van der Waals surface area contributed by atoms with Crippen molar-refractivity contribution < 1.29 is 17.9 Å². The van der Waals surface area contributed by atoms with E-state index in [1.807, 2.05) is 6.92 Å². The summed E-state index contributed by atoms with van der Waals surface area (Å²) >= 11 is 0. The van der Waals surface area contributed by atoms with Crippen LogP contribution in [0.15, 0.2) is 24.7 Å². The molecule has 2 N–H and O–H groups in total. The number of anilines is 1. The molecule has 0 bridgehead atoms. The van der Waals surface area contributed by atoms with E-state index in [1.165, 1.54) is 6.20 Å². The highest BCUT2D eigenvalue weighted by atomic mass is 19.4. The molecule has 20 heavy (non-hydrogen) atoms. The van der Waals surface area contributed by atoms with Crippen molar-refractivity contribution in [3.8, 4) is 11.5 Å². The van der Waals surface area contributed by atoms with Gasteiger partial charge >= 0.3 is 6.18 Å². The SMILES string of the molecule is CCCn1cc(Oc2cc(C(F)(F)F)ncc2N)cn1. The molecule has 0 atom stereocenters. The van der Waals surface area contributed by atoms with Gasteiger partial charge in [0.2, 0.25) is 0 Å². The summed E-state index contributed by atoms with van der Waals surface area (Å²) in [5, 5.41) is 4.02. The van der Waals surface area contributed by atoms with E-state index in [2.05, 4.69) is 10.1 Å². The quantitative estimate of drug-likeness (QED) is 0.938. The van der Waals surface area contributed by atoms with Gasteiger partial charge in [0, 0.05) is 12.6 Å².